The Kier molecular flexibility index (Phi) is 5.48. The molecular formula is C24H21FN2O4S. The molecule has 0 atom stereocenters. The summed E-state index contributed by atoms with van der Waals surface area (Å²) in [5.74, 6) is 0.162. The smallest absolute Gasteiger partial charge is 0.261 e. The van der Waals surface area contributed by atoms with Crippen molar-refractivity contribution in [3.63, 3.8) is 0 Å². The van der Waals surface area contributed by atoms with E-state index in [0.29, 0.717) is 28.3 Å². The maximum Gasteiger partial charge on any atom is 0.261 e. The van der Waals surface area contributed by atoms with Crippen molar-refractivity contribution in [3.05, 3.63) is 83.7 Å². The third-order valence-corrected chi connectivity index (χ3v) is 6.23. The summed E-state index contributed by atoms with van der Waals surface area (Å²) in [6, 6.07) is 14.5. The van der Waals surface area contributed by atoms with Crippen LogP contribution < -0.4 is 9.46 Å². The van der Waals surface area contributed by atoms with Crippen LogP contribution in [-0.4, -0.2) is 25.3 Å². The lowest BCUT2D eigenvalue weighted by molar-refractivity contribution is 0.158. The van der Waals surface area contributed by atoms with Crippen LogP contribution in [0.25, 0.3) is 6.08 Å². The molecule has 8 heteroatoms. The van der Waals surface area contributed by atoms with Crippen LogP contribution in [0.3, 0.4) is 0 Å². The van der Waals surface area contributed by atoms with Crippen LogP contribution in [0.1, 0.15) is 25.0 Å². The zero-order chi connectivity index (χ0) is 22.9. The molecule has 0 aliphatic carbocycles. The number of aliphatic imine (C=N–C) groups is 1. The minimum atomic E-state index is -3.83. The molecule has 6 nitrogen and oxygen atoms in total. The maximum absolute atomic E-state index is 13.0. The number of ether oxygens (including phenoxy) is 1. The van der Waals surface area contributed by atoms with E-state index in [-0.39, 0.29) is 10.6 Å². The SMILES string of the molecule is CC1(C)C=Cc2c(ccc(C=Nc3ccc(NS(=O)(=O)c4ccc(F)cc4)cc3)c2O)O1. The first-order valence-corrected chi connectivity index (χ1v) is 11.3. The van der Waals surface area contributed by atoms with E-state index in [2.05, 4.69) is 9.71 Å². The minimum Gasteiger partial charge on any atom is -0.506 e. The van der Waals surface area contributed by atoms with Crippen LogP contribution in [0.2, 0.25) is 0 Å². The van der Waals surface area contributed by atoms with Gasteiger partial charge in [-0.25, -0.2) is 12.8 Å². The average molecular weight is 453 g/mol. The summed E-state index contributed by atoms with van der Waals surface area (Å²) in [5, 5.41) is 10.6. The fourth-order valence-electron chi connectivity index (χ4n) is 3.15. The number of hydrogen-bond acceptors (Lipinski definition) is 5. The molecule has 0 saturated carbocycles. The second kappa shape index (κ2) is 8.12. The van der Waals surface area contributed by atoms with Crippen molar-refractivity contribution >= 4 is 33.7 Å². The van der Waals surface area contributed by atoms with Gasteiger partial charge in [0.05, 0.1) is 16.1 Å². The number of fused-ring (bicyclic) bond motifs is 1. The van der Waals surface area contributed by atoms with Gasteiger partial charge in [-0.1, -0.05) is 0 Å². The summed E-state index contributed by atoms with van der Waals surface area (Å²) in [4.78, 5) is 4.31. The topological polar surface area (TPSA) is 88.0 Å². The number of anilines is 1. The molecular weight excluding hydrogens is 431 g/mol. The van der Waals surface area contributed by atoms with E-state index < -0.39 is 21.4 Å². The minimum absolute atomic E-state index is 0.0368. The van der Waals surface area contributed by atoms with Gasteiger partial charge in [-0.3, -0.25) is 9.71 Å². The quantitative estimate of drug-likeness (QED) is 0.517. The van der Waals surface area contributed by atoms with Crippen molar-refractivity contribution in [1.29, 1.82) is 0 Å². The molecule has 0 amide bonds. The predicted octanol–water partition coefficient (Wildman–Crippen LogP) is 5.27. The number of nitrogens with zero attached hydrogens (tertiary/aromatic N) is 1. The fourth-order valence-corrected chi connectivity index (χ4v) is 4.21. The Balaban J connectivity index is 1.49. The highest BCUT2D eigenvalue weighted by Gasteiger charge is 2.24. The van der Waals surface area contributed by atoms with Crippen LogP contribution in [0.4, 0.5) is 15.8 Å². The Morgan fingerprint density at radius 1 is 1.03 bits per heavy atom. The molecule has 3 aromatic carbocycles. The van der Waals surface area contributed by atoms with Crippen molar-refractivity contribution in [1.82, 2.24) is 0 Å². The average Bonchev–Trinajstić information content (AvgIpc) is 2.74. The van der Waals surface area contributed by atoms with E-state index in [4.69, 9.17) is 4.74 Å². The van der Waals surface area contributed by atoms with Gasteiger partial charge in [0.25, 0.3) is 10.0 Å². The molecule has 164 valence electrons. The van der Waals surface area contributed by atoms with E-state index in [1.54, 1.807) is 36.4 Å². The Morgan fingerprint density at radius 2 is 1.72 bits per heavy atom. The normalized spacial score (nSPS) is 14.7. The lowest BCUT2D eigenvalue weighted by Gasteiger charge is -2.28. The van der Waals surface area contributed by atoms with Gasteiger partial charge < -0.3 is 9.84 Å². The number of aromatic hydroxyl groups is 1. The fraction of sp³-hybridized carbons (Fsp3) is 0.125. The van der Waals surface area contributed by atoms with Gasteiger partial charge >= 0.3 is 0 Å². The first-order valence-electron chi connectivity index (χ1n) is 9.80. The highest BCUT2D eigenvalue weighted by Crippen LogP contribution is 2.38. The molecule has 0 unspecified atom stereocenters. The summed E-state index contributed by atoms with van der Waals surface area (Å²) in [6.45, 7) is 3.87. The number of benzene rings is 3. The summed E-state index contributed by atoms with van der Waals surface area (Å²) < 4.78 is 46.1. The highest BCUT2D eigenvalue weighted by atomic mass is 32.2. The number of rotatable bonds is 5. The molecule has 32 heavy (non-hydrogen) atoms. The summed E-state index contributed by atoms with van der Waals surface area (Å²) in [6.07, 6.45) is 5.23. The van der Waals surface area contributed by atoms with Crippen molar-refractivity contribution in [3.8, 4) is 11.5 Å². The lowest BCUT2D eigenvalue weighted by Crippen LogP contribution is -2.27. The van der Waals surface area contributed by atoms with Crippen LogP contribution >= 0.6 is 0 Å². The van der Waals surface area contributed by atoms with Gasteiger partial charge in [-0.05, 0) is 86.7 Å². The van der Waals surface area contributed by atoms with Crippen molar-refractivity contribution in [2.75, 3.05) is 4.72 Å². The van der Waals surface area contributed by atoms with Crippen molar-refractivity contribution in [2.24, 2.45) is 4.99 Å². The van der Waals surface area contributed by atoms with E-state index in [9.17, 15) is 17.9 Å². The number of hydrogen-bond donors (Lipinski definition) is 2. The van der Waals surface area contributed by atoms with E-state index >= 15 is 0 Å². The third-order valence-electron chi connectivity index (χ3n) is 4.83. The number of phenolic OH excluding ortho intramolecular Hbond substituents is 1. The largest absolute Gasteiger partial charge is 0.506 e. The van der Waals surface area contributed by atoms with Crippen LogP contribution in [0.5, 0.6) is 11.5 Å². The molecule has 0 saturated heterocycles. The Hall–Kier alpha value is -3.65. The summed E-state index contributed by atoms with van der Waals surface area (Å²) in [5.41, 5.74) is 1.60. The van der Waals surface area contributed by atoms with E-state index in [1.807, 2.05) is 26.0 Å². The van der Waals surface area contributed by atoms with Crippen LogP contribution in [0.15, 0.2) is 76.6 Å². The predicted molar refractivity (Wildman–Crippen MR) is 123 cm³/mol. The standard InChI is InChI=1S/C24H21FN2O4S/c1-24(2)14-13-21-22(31-24)12-3-16(23(21)28)15-26-18-6-8-19(9-7-18)27-32(29,30)20-10-4-17(25)5-11-20/h3-15,27-28H,1-2H3. The molecule has 0 radical (unpaired) electrons. The molecule has 4 rings (SSSR count). The first kappa shape index (κ1) is 21.6. The zero-order valence-electron chi connectivity index (χ0n) is 17.4. The van der Waals surface area contributed by atoms with E-state index in [1.165, 1.54) is 18.3 Å². The second-order valence-electron chi connectivity index (χ2n) is 7.82. The van der Waals surface area contributed by atoms with E-state index in [0.717, 1.165) is 12.1 Å². The van der Waals surface area contributed by atoms with Crippen molar-refractivity contribution in [2.45, 2.75) is 24.3 Å². The maximum atomic E-state index is 13.0. The Bertz CT molecular complexity index is 1310. The molecule has 1 heterocycles. The molecule has 0 fully saturated rings. The molecule has 2 N–H and O–H groups in total. The van der Waals surface area contributed by atoms with Crippen molar-refractivity contribution < 1.29 is 22.7 Å². The molecule has 0 spiro atoms. The van der Waals surface area contributed by atoms with Gasteiger partial charge in [0.2, 0.25) is 0 Å². The molecule has 1 aliphatic rings. The van der Waals surface area contributed by atoms with Gasteiger partial charge in [-0.15, -0.1) is 0 Å². The number of sulfonamides is 1. The Labute approximate surface area is 185 Å². The highest BCUT2D eigenvalue weighted by molar-refractivity contribution is 7.92. The number of halogens is 1. The van der Waals surface area contributed by atoms with Crippen LogP contribution in [0, 0.1) is 5.82 Å². The third kappa shape index (κ3) is 4.65. The monoisotopic (exact) mass is 452 g/mol. The zero-order valence-corrected chi connectivity index (χ0v) is 18.2. The lowest BCUT2D eigenvalue weighted by atomic mass is 10.00. The van der Waals surface area contributed by atoms with Gasteiger partial charge in [-0.2, -0.15) is 0 Å². The molecule has 0 bridgehead atoms. The van der Waals surface area contributed by atoms with Gasteiger partial charge in [0, 0.05) is 17.5 Å². The Morgan fingerprint density at radius 3 is 2.41 bits per heavy atom. The number of phenols is 1. The molecule has 3 aromatic rings. The van der Waals surface area contributed by atoms with Gasteiger partial charge in [0.15, 0.2) is 0 Å². The van der Waals surface area contributed by atoms with Crippen LogP contribution in [-0.2, 0) is 10.0 Å². The van der Waals surface area contributed by atoms with Gasteiger partial charge in [0.1, 0.15) is 22.9 Å². The molecule has 0 aromatic heterocycles. The summed E-state index contributed by atoms with van der Waals surface area (Å²) in [7, 11) is -3.83. The summed E-state index contributed by atoms with van der Waals surface area (Å²) >= 11 is 0. The first-order chi connectivity index (χ1) is 15.1. The number of nitrogens with one attached hydrogen (secondary N) is 1. The second-order valence-corrected chi connectivity index (χ2v) is 9.50. The molecule has 1 aliphatic heterocycles.